The molecule has 1 amide bonds. The maximum Gasteiger partial charge on any atom is 0.471 e. The molecule has 7 nitrogen and oxygen atoms in total. The average Bonchev–Trinajstić information content (AvgIpc) is 2.66. The highest BCUT2D eigenvalue weighted by molar-refractivity contribution is 5.85. The molecule has 146 valence electrons. The number of amidine groups is 1. The van der Waals surface area contributed by atoms with Gasteiger partial charge in [-0.2, -0.15) is 18.4 Å². The zero-order chi connectivity index (χ0) is 20.2. The summed E-state index contributed by atoms with van der Waals surface area (Å²) in [5, 5.41) is 9.32. The molecular weight excluding hydrogens is 365 g/mol. The van der Waals surface area contributed by atoms with Crippen molar-refractivity contribution in [3.8, 4) is 17.6 Å². The van der Waals surface area contributed by atoms with Gasteiger partial charge in [0.1, 0.15) is 11.9 Å². The lowest BCUT2D eigenvalue weighted by Crippen LogP contribution is -2.53. The SMILES string of the molecule is COc1cc(C#N)c(N=C(C)N2CCN(C(=O)C(F)(F)F)CC2)cc1OC. The summed E-state index contributed by atoms with van der Waals surface area (Å²) < 4.78 is 47.9. The first kappa shape index (κ1) is 20.4. The molecule has 1 fully saturated rings. The maximum absolute atomic E-state index is 12.5. The molecule has 0 aromatic heterocycles. The lowest BCUT2D eigenvalue weighted by atomic mass is 10.1. The molecule has 1 aliphatic rings. The van der Waals surface area contributed by atoms with Crippen molar-refractivity contribution >= 4 is 17.4 Å². The van der Waals surface area contributed by atoms with E-state index in [9.17, 15) is 23.2 Å². The van der Waals surface area contributed by atoms with Crippen LogP contribution in [0.2, 0.25) is 0 Å². The second-order valence-electron chi connectivity index (χ2n) is 5.77. The van der Waals surface area contributed by atoms with E-state index in [0.717, 1.165) is 4.90 Å². The Morgan fingerprint density at radius 3 is 2.11 bits per heavy atom. The molecule has 0 radical (unpaired) electrons. The van der Waals surface area contributed by atoms with E-state index < -0.39 is 12.1 Å². The van der Waals surface area contributed by atoms with Gasteiger partial charge in [-0.1, -0.05) is 0 Å². The molecule has 1 heterocycles. The summed E-state index contributed by atoms with van der Waals surface area (Å²) in [6.45, 7) is 2.02. The average molecular weight is 384 g/mol. The van der Waals surface area contributed by atoms with Gasteiger partial charge in [0, 0.05) is 38.3 Å². The number of ether oxygens (including phenoxy) is 2. The van der Waals surface area contributed by atoms with Crippen LogP contribution in [0.1, 0.15) is 12.5 Å². The van der Waals surface area contributed by atoms with Crippen molar-refractivity contribution in [3.05, 3.63) is 17.7 Å². The number of carbonyl (C=O) groups excluding carboxylic acids is 1. The van der Waals surface area contributed by atoms with Crippen LogP contribution in [0, 0.1) is 11.3 Å². The monoisotopic (exact) mass is 384 g/mol. The van der Waals surface area contributed by atoms with Crippen LogP contribution in [-0.4, -0.2) is 68.1 Å². The van der Waals surface area contributed by atoms with Crippen LogP contribution in [0.4, 0.5) is 18.9 Å². The number of hydrogen-bond donors (Lipinski definition) is 0. The van der Waals surface area contributed by atoms with E-state index in [1.54, 1.807) is 17.9 Å². The first-order chi connectivity index (χ1) is 12.7. The van der Waals surface area contributed by atoms with Crippen LogP contribution in [0.15, 0.2) is 17.1 Å². The van der Waals surface area contributed by atoms with E-state index in [0.29, 0.717) is 23.0 Å². The summed E-state index contributed by atoms with van der Waals surface area (Å²) in [6, 6.07) is 5.09. The molecule has 0 aliphatic carbocycles. The number of halogens is 3. The zero-order valence-corrected chi connectivity index (χ0v) is 15.1. The number of nitriles is 1. The standard InChI is InChI=1S/C17H19F3N4O3/c1-11(23-4-6-24(7-5-23)16(25)17(18,19)20)22-13-9-15(27-3)14(26-2)8-12(13)10-21/h8-9H,4-7H2,1-3H3. The summed E-state index contributed by atoms with van der Waals surface area (Å²) in [5.41, 5.74) is 0.638. The molecule has 0 saturated carbocycles. The maximum atomic E-state index is 12.5. The van der Waals surface area contributed by atoms with Crippen LogP contribution in [0.5, 0.6) is 11.5 Å². The van der Waals surface area contributed by atoms with Gasteiger partial charge in [0.15, 0.2) is 11.5 Å². The Hall–Kier alpha value is -2.96. The quantitative estimate of drug-likeness (QED) is 0.590. The van der Waals surface area contributed by atoms with E-state index in [1.807, 2.05) is 6.07 Å². The minimum atomic E-state index is -4.87. The number of hydrogen-bond acceptors (Lipinski definition) is 5. The topological polar surface area (TPSA) is 78.2 Å². The number of rotatable bonds is 3. The van der Waals surface area contributed by atoms with Crippen molar-refractivity contribution in [1.82, 2.24) is 9.80 Å². The smallest absolute Gasteiger partial charge is 0.471 e. The van der Waals surface area contributed by atoms with Crippen molar-refractivity contribution in [1.29, 1.82) is 5.26 Å². The highest BCUT2D eigenvalue weighted by atomic mass is 19.4. The van der Waals surface area contributed by atoms with Crippen LogP contribution in [-0.2, 0) is 4.79 Å². The molecule has 10 heteroatoms. The summed E-state index contributed by atoms with van der Waals surface area (Å²) in [7, 11) is 2.91. The highest BCUT2D eigenvalue weighted by Gasteiger charge is 2.43. The van der Waals surface area contributed by atoms with Gasteiger partial charge < -0.3 is 19.3 Å². The van der Waals surface area contributed by atoms with Gasteiger partial charge in [-0.15, -0.1) is 0 Å². The molecule has 1 aliphatic heterocycles. The van der Waals surface area contributed by atoms with Gasteiger partial charge in [0.2, 0.25) is 0 Å². The number of amides is 1. The van der Waals surface area contributed by atoms with Crippen molar-refractivity contribution in [2.24, 2.45) is 4.99 Å². The van der Waals surface area contributed by atoms with E-state index in [4.69, 9.17) is 9.47 Å². The zero-order valence-electron chi connectivity index (χ0n) is 15.1. The normalized spacial score (nSPS) is 15.4. The Labute approximate surface area is 154 Å². The predicted molar refractivity (Wildman–Crippen MR) is 91.2 cm³/mol. The fourth-order valence-corrected chi connectivity index (χ4v) is 2.71. The number of nitrogens with zero attached hydrogens (tertiary/aromatic N) is 4. The number of aliphatic imine (C=N–C) groups is 1. The molecule has 0 bridgehead atoms. The molecule has 27 heavy (non-hydrogen) atoms. The van der Waals surface area contributed by atoms with Gasteiger partial charge in [-0.25, -0.2) is 4.99 Å². The number of alkyl halides is 3. The van der Waals surface area contributed by atoms with Crippen LogP contribution in [0.3, 0.4) is 0 Å². The summed E-state index contributed by atoms with van der Waals surface area (Å²) in [6.07, 6.45) is -4.87. The van der Waals surface area contributed by atoms with Crippen molar-refractivity contribution in [3.63, 3.8) is 0 Å². The lowest BCUT2D eigenvalue weighted by Gasteiger charge is -2.36. The van der Waals surface area contributed by atoms with Gasteiger partial charge in [0.25, 0.3) is 0 Å². The molecular formula is C17H19F3N4O3. The van der Waals surface area contributed by atoms with Gasteiger partial charge in [-0.05, 0) is 6.92 Å². The van der Waals surface area contributed by atoms with Crippen LogP contribution >= 0.6 is 0 Å². The number of carbonyl (C=O) groups is 1. The third-order valence-corrected chi connectivity index (χ3v) is 4.17. The van der Waals surface area contributed by atoms with Crippen LogP contribution in [0.25, 0.3) is 0 Å². The molecule has 0 N–H and O–H groups in total. The van der Waals surface area contributed by atoms with E-state index in [-0.39, 0.29) is 31.7 Å². The Balaban J connectivity index is 2.17. The lowest BCUT2D eigenvalue weighted by molar-refractivity contribution is -0.186. The molecule has 0 spiro atoms. The summed E-state index contributed by atoms with van der Waals surface area (Å²) in [4.78, 5) is 18.2. The number of piperazine rings is 1. The largest absolute Gasteiger partial charge is 0.493 e. The van der Waals surface area contributed by atoms with Crippen molar-refractivity contribution < 1.29 is 27.4 Å². The molecule has 1 aromatic carbocycles. The van der Waals surface area contributed by atoms with Crippen LogP contribution < -0.4 is 9.47 Å². The van der Waals surface area contributed by atoms with E-state index in [2.05, 4.69) is 4.99 Å². The van der Waals surface area contributed by atoms with Gasteiger partial charge in [0.05, 0.1) is 25.5 Å². The molecule has 1 saturated heterocycles. The fraction of sp³-hybridized carbons (Fsp3) is 0.471. The minimum Gasteiger partial charge on any atom is -0.493 e. The van der Waals surface area contributed by atoms with Gasteiger partial charge in [-0.3, -0.25) is 4.79 Å². The molecule has 1 aromatic rings. The van der Waals surface area contributed by atoms with E-state index >= 15 is 0 Å². The van der Waals surface area contributed by atoms with E-state index in [1.165, 1.54) is 20.3 Å². The Kier molecular flexibility index (Phi) is 6.15. The van der Waals surface area contributed by atoms with Crippen molar-refractivity contribution in [2.45, 2.75) is 13.1 Å². The molecule has 2 rings (SSSR count). The highest BCUT2D eigenvalue weighted by Crippen LogP contribution is 2.34. The molecule has 0 unspecified atom stereocenters. The Morgan fingerprint density at radius 2 is 1.63 bits per heavy atom. The minimum absolute atomic E-state index is 0.0533. The predicted octanol–water partition coefficient (Wildman–Crippen LogP) is 2.33. The first-order valence-corrected chi connectivity index (χ1v) is 8.03. The molecule has 0 atom stereocenters. The second-order valence-corrected chi connectivity index (χ2v) is 5.77. The van der Waals surface area contributed by atoms with Gasteiger partial charge >= 0.3 is 12.1 Å². The Bertz CT molecular complexity index is 779. The third-order valence-electron chi connectivity index (χ3n) is 4.17. The summed E-state index contributed by atoms with van der Waals surface area (Å²) in [5.74, 6) is -0.505. The Morgan fingerprint density at radius 1 is 1.11 bits per heavy atom. The first-order valence-electron chi connectivity index (χ1n) is 8.03. The number of benzene rings is 1. The number of methoxy groups -OCH3 is 2. The van der Waals surface area contributed by atoms with Crippen molar-refractivity contribution in [2.75, 3.05) is 40.4 Å². The second kappa shape index (κ2) is 8.16. The third kappa shape index (κ3) is 4.61. The summed E-state index contributed by atoms with van der Waals surface area (Å²) >= 11 is 0. The fourth-order valence-electron chi connectivity index (χ4n) is 2.71.